The van der Waals surface area contributed by atoms with E-state index in [1.165, 1.54) is 29.1 Å². The van der Waals surface area contributed by atoms with E-state index in [2.05, 4.69) is 44.6 Å². The van der Waals surface area contributed by atoms with Crippen molar-refractivity contribution in [2.24, 2.45) is 5.92 Å². The molecule has 1 atom stereocenters. The van der Waals surface area contributed by atoms with E-state index >= 15 is 0 Å². The minimum atomic E-state index is -0.0471. The Balaban J connectivity index is 1.46. The molecule has 1 N–H and O–H groups in total. The maximum absolute atomic E-state index is 12.9. The van der Waals surface area contributed by atoms with Crippen LogP contribution in [0, 0.1) is 12.8 Å². The van der Waals surface area contributed by atoms with Gasteiger partial charge in [0.2, 0.25) is 0 Å². The highest BCUT2D eigenvalue weighted by molar-refractivity contribution is 7.17. The van der Waals surface area contributed by atoms with Crippen LogP contribution in [0.5, 0.6) is 0 Å². The second kappa shape index (κ2) is 9.15. The van der Waals surface area contributed by atoms with Crippen molar-refractivity contribution < 1.29 is 4.79 Å². The number of nitrogens with zero attached hydrogens (tertiary/aromatic N) is 3. The van der Waals surface area contributed by atoms with Gasteiger partial charge in [0.1, 0.15) is 9.88 Å². The molecule has 0 aliphatic carbocycles. The molecule has 1 saturated heterocycles. The molecular weight excluding hydrogens is 400 g/mol. The second-order valence-corrected chi connectivity index (χ2v) is 9.59. The molecule has 0 aromatic carbocycles. The fourth-order valence-corrected chi connectivity index (χ4v) is 5.53. The summed E-state index contributed by atoms with van der Waals surface area (Å²) in [5, 5.41) is 6.08. The summed E-state index contributed by atoms with van der Waals surface area (Å²) in [4.78, 5) is 26.4. The van der Waals surface area contributed by atoms with E-state index in [0.717, 1.165) is 35.4 Å². The molecule has 1 unspecified atom stereocenters. The first-order chi connectivity index (χ1) is 14.1. The third kappa shape index (κ3) is 4.74. The largest absolute Gasteiger partial charge is 0.349 e. The second-order valence-electron chi connectivity index (χ2n) is 7.61. The van der Waals surface area contributed by atoms with E-state index in [4.69, 9.17) is 0 Å². The molecule has 1 aliphatic heterocycles. The highest BCUT2D eigenvalue weighted by atomic mass is 32.1. The Hall–Kier alpha value is -2.09. The maximum atomic E-state index is 12.9. The van der Waals surface area contributed by atoms with E-state index in [0.29, 0.717) is 11.4 Å². The van der Waals surface area contributed by atoms with Crippen LogP contribution in [0.2, 0.25) is 0 Å². The quantitative estimate of drug-likeness (QED) is 0.616. The van der Waals surface area contributed by atoms with Crippen molar-refractivity contribution >= 4 is 28.6 Å². The van der Waals surface area contributed by atoms with E-state index in [1.54, 1.807) is 17.5 Å². The van der Waals surface area contributed by atoms with Crippen molar-refractivity contribution in [3.05, 3.63) is 57.4 Å². The van der Waals surface area contributed by atoms with Crippen molar-refractivity contribution in [1.82, 2.24) is 20.2 Å². The molecule has 29 heavy (non-hydrogen) atoms. The number of nitrogens with one attached hydrogen (secondary N) is 1. The molecule has 0 saturated carbocycles. The minimum absolute atomic E-state index is 0.0471. The van der Waals surface area contributed by atoms with Crippen molar-refractivity contribution in [1.29, 1.82) is 0 Å². The molecular formula is C22H26N4OS2. The van der Waals surface area contributed by atoms with Crippen molar-refractivity contribution in [3.8, 4) is 10.7 Å². The van der Waals surface area contributed by atoms with Crippen molar-refractivity contribution in [3.63, 3.8) is 0 Å². The summed E-state index contributed by atoms with van der Waals surface area (Å²) in [7, 11) is 0. The van der Waals surface area contributed by atoms with E-state index in [1.807, 2.05) is 25.1 Å². The van der Waals surface area contributed by atoms with Gasteiger partial charge in [-0.05, 0) is 62.4 Å². The zero-order valence-corrected chi connectivity index (χ0v) is 18.4. The molecule has 152 valence electrons. The number of rotatable bonds is 6. The number of carbonyl (C=O) groups excluding carboxylic acids is 1. The molecule has 0 bridgehead atoms. The van der Waals surface area contributed by atoms with Gasteiger partial charge in [-0.1, -0.05) is 19.1 Å². The van der Waals surface area contributed by atoms with Crippen LogP contribution >= 0.6 is 22.7 Å². The van der Waals surface area contributed by atoms with Crippen molar-refractivity contribution in [2.75, 3.05) is 19.6 Å². The smallest absolute Gasteiger partial charge is 0.263 e. The van der Waals surface area contributed by atoms with Gasteiger partial charge in [-0.25, -0.2) is 4.98 Å². The molecule has 7 heteroatoms. The first-order valence-corrected chi connectivity index (χ1v) is 11.8. The number of likely N-dealkylation sites (tertiary alicyclic amines) is 1. The van der Waals surface area contributed by atoms with Crippen molar-refractivity contribution in [2.45, 2.75) is 32.7 Å². The Bertz CT molecular complexity index is 931. The monoisotopic (exact) mass is 426 g/mol. The van der Waals surface area contributed by atoms with Crippen LogP contribution in [-0.2, 0) is 0 Å². The molecule has 0 spiro atoms. The average molecular weight is 427 g/mol. The summed E-state index contributed by atoms with van der Waals surface area (Å²) in [5.41, 5.74) is 1.56. The zero-order chi connectivity index (χ0) is 20.2. The fraction of sp³-hybridized carbons (Fsp3) is 0.409. The van der Waals surface area contributed by atoms with Crippen LogP contribution in [0.25, 0.3) is 10.7 Å². The average Bonchev–Trinajstić information content (AvgIpc) is 3.40. The van der Waals surface area contributed by atoms with Gasteiger partial charge in [-0.3, -0.25) is 14.7 Å². The van der Waals surface area contributed by atoms with E-state index < -0.39 is 0 Å². The number of pyridine rings is 1. The summed E-state index contributed by atoms with van der Waals surface area (Å²) in [6.07, 6.45) is 4.19. The van der Waals surface area contributed by atoms with Gasteiger partial charge in [0, 0.05) is 17.6 Å². The lowest BCUT2D eigenvalue weighted by Gasteiger charge is -2.36. The van der Waals surface area contributed by atoms with Gasteiger partial charge in [0.15, 0.2) is 0 Å². The molecule has 4 heterocycles. The lowest BCUT2D eigenvalue weighted by Crippen LogP contribution is -2.41. The van der Waals surface area contributed by atoms with Gasteiger partial charge in [0.25, 0.3) is 5.91 Å². The van der Waals surface area contributed by atoms with Gasteiger partial charge < -0.3 is 5.32 Å². The Morgan fingerprint density at radius 3 is 2.79 bits per heavy atom. The number of amides is 1. The number of thiazole rings is 1. The Morgan fingerprint density at radius 2 is 2.10 bits per heavy atom. The number of aromatic nitrogens is 2. The Kier molecular flexibility index (Phi) is 6.37. The van der Waals surface area contributed by atoms with Crippen LogP contribution in [0.4, 0.5) is 0 Å². The first-order valence-electron chi connectivity index (χ1n) is 10.1. The minimum Gasteiger partial charge on any atom is -0.349 e. The lowest BCUT2D eigenvalue weighted by atomic mass is 9.97. The van der Waals surface area contributed by atoms with Crippen LogP contribution in [-0.4, -0.2) is 40.4 Å². The normalized spacial score (nSPS) is 16.6. The van der Waals surface area contributed by atoms with E-state index in [-0.39, 0.29) is 11.9 Å². The number of hydrogen-bond acceptors (Lipinski definition) is 6. The van der Waals surface area contributed by atoms with Crippen LogP contribution in [0.3, 0.4) is 0 Å². The molecule has 1 fully saturated rings. The highest BCUT2D eigenvalue weighted by Gasteiger charge is 2.26. The lowest BCUT2D eigenvalue weighted by molar-refractivity contribution is 0.0918. The third-order valence-electron chi connectivity index (χ3n) is 5.47. The first kappa shape index (κ1) is 20.2. The fourth-order valence-electron chi connectivity index (χ4n) is 3.71. The molecule has 0 radical (unpaired) electrons. The summed E-state index contributed by atoms with van der Waals surface area (Å²) >= 11 is 3.18. The van der Waals surface area contributed by atoms with Gasteiger partial charge in [-0.2, -0.15) is 0 Å². The Labute approximate surface area is 179 Å². The molecule has 1 amide bonds. The summed E-state index contributed by atoms with van der Waals surface area (Å²) in [6.45, 7) is 7.00. The Morgan fingerprint density at radius 1 is 1.28 bits per heavy atom. The highest BCUT2D eigenvalue weighted by Crippen LogP contribution is 2.30. The van der Waals surface area contributed by atoms with Gasteiger partial charge >= 0.3 is 0 Å². The molecule has 3 aromatic rings. The number of piperidine rings is 1. The zero-order valence-electron chi connectivity index (χ0n) is 16.8. The number of carbonyl (C=O) groups is 1. The van der Waals surface area contributed by atoms with E-state index in [9.17, 15) is 4.79 Å². The van der Waals surface area contributed by atoms with Crippen LogP contribution < -0.4 is 5.32 Å². The molecule has 3 aromatic heterocycles. The molecule has 4 rings (SSSR count). The number of aryl methyl sites for hydroxylation is 1. The molecule has 1 aliphatic rings. The van der Waals surface area contributed by atoms with Crippen LogP contribution in [0.15, 0.2) is 41.9 Å². The predicted molar refractivity (Wildman–Crippen MR) is 119 cm³/mol. The summed E-state index contributed by atoms with van der Waals surface area (Å²) < 4.78 is 0. The molecule has 5 nitrogen and oxygen atoms in total. The standard InChI is InChI=1S/C22H26N4OS2/c1-15-8-11-26(12-9-15)18(19-7-5-13-28-19)14-24-21(27)20-16(2)25-22(29-20)17-6-3-4-10-23-17/h3-7,10,13,15,18H,8-9,11-12,14H2,1-2H3,(H,24,27). The predicted octanol–water partition coefficient (Wildman–Crippen LogP) is 4.78. The third-order valence-corrected chi connectivity index (χ3v) is 7.63. The number of hydrogen-bond donors (Lipinski definition) is 1. The number of thiophene rings is 1. The van der Waals surface area contributed by atoms with Gasteiger partial charge in [-0.15, -0.1) is 22.7 Å². The topological polar surface area (TPSA) is 58.1 Å². The summed E-state index contributed by atoms with van der Waals surface area (Å²) in [6, 6.07) is 10.2. The maximum Gasteiger partial charge on any atom is 0.263 e. The van der Waals surface area contributed by atoms with Gasteiger partial charge in [0.05, 0.1) is 17.4 Å². The SMILES string of the molecule is Cc1nc(-c2ccccn2)sc1C(=O)NCC(c1cccs1)N1CCC(C)CC1. The summed E-state index contributed by atoms with van der Waals surface area (Å²) in [5.74, 6) is 0.740. The van der Waals surface area contributed by atoms with Crippen LogP contribution in [0.1, 0.15) is 46.0 Å².